The summed E-state index contributed by atoms with van der Waals surface area (Å²) in [4.78, 5) is 0. The number of rotatable bonds is 4. The van der Waals surface area contributed by atoms with Crippen LogP contribution in [0.2, 0.25) is 0 Å². The standard InChI is InChI=1S/C15H26N2O2/c1-10(2)17-14(13(19-4)9-16-17)15(18)12-7-5-11(3)6-8-12/h9-12,15,18H,5-8H2,1-4H3. The van der Waals surface area contributed by atoms with Gasteiger partial charge in [0.2, 0.25) is 0 Å². The molecule has 0 bridgehead atoms. The third-order valence-corrected chi connectivity index (χ3v) is 4.29. The first-order chi connectivity index (χ1) is 9.04. The lowest BCUT2D eigenvalue weighted by molar-refractivity contribution is 0.0648. The van der Waals surface area contributed by atoms with Crippen LogP contribution in [0.1, 0.15) is 64.3 Å². The molecule has 1 aromatic rings. The van der Waals surface area contributed by atoms with E-state index in [9.17, 15) is 5.11 Å². The van der Waals surface area contributed by atoms with Crippen LogP contribution in [0.4, 0.5) is 0 Å². The molecule has 0 aromatic carbocycles. The van der Waals surface area contributed by atoms with Crippen molar-refractivity contribution in [1.29, 1.82) is 0 Å². The second-order valence-electron chi connectivity index (χ2n) is 6.10. The van der Waals surface area contributed by atoms with E-state index in [0.29, 0.717) is 11.7 Å². The van der Waals surface area contributed by atoms with Crippen LogP contribution in [-0.4, -0.2) is 22.0 Å². The largest absolute Gasteiger partial charge is 0.493 e. The van der Waals surface area contributed by atoms with Gasteiger partial charge in [0.25, 0.3) is 0 Å². The smallest absolute Gasteiger partial charge is 0.162 e. The average molecular weight is 266 g/mol. The Balaban J connectivity index is 2.22. The second-order valence-corrected chi connectivity index (χ2v) is 6.10. The predicted octanol–water partition coefficient (Wildman–Crippen LogP) is 3.33. The van der Waals surface area contributed by atoms with E-state index in [4.69, 9.17) is 4.74 Å². The first kappa shape index (κ1) is 14.4. The van der Waals surface area contributed by atoms with Crippen molar-refractivity contribution in [3.05, 3.63) is 11.9 Å². The zero-order valence-electron chi connectivity index (χ0n) is 12.5. The summed E-state index contributed by atoms with van der Waals surface area (Å²) in [6, 6.07) is 0.232. The molecule has 19 heavy (non-hydrogen) atoms. The van der Waals surface area contributed by atoms with Gasteiger partial charge in [0, 0.05) is 6.04 Å². The van der Waals surface area contributed by atoms with Gasteiger partial charge in [-0.15, -0.1) is 0 Å². The van der Waals surface area contributed by atoms with Gasteiger partial charge in [-0.1, -0.05) is 19.8 Å². The summed E-state index contributed by atoms with van der Waals surface area (Å²) in [7, 11) is 1.64. The Kier molecular flexibility index (Phi) is 4.50. The molecule has 1 atom stereocenters. The van der Waals surface area contributed by atoms with E-state index < -0.39 is 6.10 Å². The van der Waals surface area contributed by atoms with E-state index in [1.165, 1.54) is 12.8 Å². The number of aromatic nitrogens is 2. The van der Waals surface area contributed by atoms with Gasteiger partial charge < -0.3 is 9.84 Å². The molecule has 1 aromatic heterocycles. The number of hydrogen-bond donors (Lipinski definition) is 1. The van der Waals surface area contributed by atoms with Crippen molar-refractivity contribution in [2.24, 2.45) is 11.8 Å². The van der Waals surface area contributed by atoms with Crippen LogP contribution in [0.5, 0.6) is 5.75 Å². The zero-order chi connectivity index (χ0) is 14.0. The molecular formula is C15H26N2O2. The van der Waals surface area contributed by atoms with Gasteiger partial charge in [-0.3, -0.25) is 4.68 Å². The van der Waals surface area contributed by atoms with Crippen LogP contribution in [-0.2, 0) is 0 Å². The molecule has 1 unspecified atom stereocenters. The van der Waals surface area contributed by atoms with Crippen LogP contribution >= 0.6 is 0 Å². The minimum absolute atomic E-state index is 0.232. The summed E-state index contributed by atoms with van der Waals surface area (Å²) in [6.45, 7) is 6.44. The first-order valence-corrected chi connectivity index (χ1v) is 7.34. The molecule has 1 heterocycles. The minimum Gasteiger partial charge on any atom is -0.493 e. The summed E-state index contributed by atoms with van der Waals surface area (Å²) in [5, 5.41) is 15.1. The Morgan fingerprint density at radius 3 is 2.47 bits per heavy atom. The lowest BCUT2D eigenvalue weighted by atomic mass is 9.79. The number of ether oxygens (including phenoxy) is 1. The topological polar surface area (TPSA) is 47.3 Å². The quantitative estimate of drug-likeness (QED) is 0.909. The molecule has 4 nitrogen and oxygen atoms in total. The van der Waals surface area contributed by atoms with Crippen LogP contribution in [0, 0.1) is 11.8 Å². The highest BCUT2D eigenvalue weighted by Gasteiger charge is 2.31. The van der Waals surface area contributed by atoms with Gasteiger partial charge in [0.15, 0.2) is 5.75 Å². The van der Waals surface area contributed by atoms with Crippen molar-refractivity contribution in [3.8, 4) is 5.75 Å². The molecule has 4 heteroatoms. The van der Waals surface area contributed by atoms with Gasteiger partial charge in [0.1, 0.15) is 11.8 Å². The number of aliphatic hydroxyl groups is 1. The van der Waals surface area contributed by atoms with E-state index in [-0.39, 0.29) is 6.04 Å². The first-order valence-electron chi connectivity index (χ1n) is 7.34. The number of nitrogens with zero attached hydrogens (tertiary/aromatic N) is 2. The Bertz CT molecular complexity index is 406. The Morgan fingerprint density at radius 2 is 1.95 bits per heavy atom. The Labute approximate surface area is 115 Å². The third-order valence-electron chi connectivity index (χ3n) is 4.29. The summed E-state index contributed by atoms with van der Waals surface area (Å²) in [5.41, 5.74) is 0.844. The van der Waals surface area contributed by atoms with E-state index in [0.717, 1.165) is 24.5 Å². The van der Waals surface area contributed by atoms with Crippen LogP contribution < -0.4 is 4.74 Å². The van der Waals surface area contributed by atoms with Gasteiger partial charge in [-0.2, -0.15) is 5.10 Å². The fourth-order valence-corrected chi connectivity index (χ4v) is 3.03. The highest BCUT2D eigenvalue weighted by molar-refractivity contribution is 5.28. The molecule has 1 N–H and O–H groups in total. The zero-order valence-corrected chi connectivity index (χ0v) is 12.5. The van der Waals surface area contributed by atoms with Gasteiger partial charge in [-0.05, 0) is 38.5 Å². The number of methoxy groups -OCH3 is 1. The monoisotopic (exact) mass is 266 g/mol. The molecule has 1 aliphatic rings. The summed E-state index contributed by atoms with van der Waals surface area (Å²) >= 11 is 0. The van der Waals surface area contributed by atoms with Crippen molar-refractivity contribution >= 4 is 0 Å². The van der Waals surface area contributed by atoms with Crippen molar-refractivity contribution in [2.45, 2.75) is 58.6 Å². The predicted molar refractivity (Wildman–Crippen MR) is 75.2 cm³/mol. The minimum atomic E-state index is -0.465. The van der Waals surface area contributed by atoms with E-state index in [2.05, 4.69) is 25.9 Å². The molecule has 108 valence electrons. The Morgan fingerprint density at radius 1 is 1.32 bits per heavy atom. The average Bonchev–Trinajstić information content (AvgIpc) is 2.82. The van der Waals surface area contributed by atoms with Gasteiger partial charge >= 0.3 is 0 Å². The van der Waals surface area contributed by atoms with Crippen molar-refractivity contribution in [1.82, 2.24) is 9.78 Å². The van der Waals surface area contributed by atoms with Crippen LogP contribution in [0.15, 0.2) is 6.20 Å². The molecule has 0 radical (unpaired) electrons. The normalized spacial score (nSPS) is 25.6. The SMILES string of the molecule is COc1cnn(C(C)C)c1C(O)C1CCC(C)CC1. The fraction of sp³-hybridized carbons (Fsp3) is 0.800. The summed E-state index contributed by atoms with van der Waals surface area (Å²) in [5.74, 6) is 1.83. The van der Waals surface area contributed by atoms with Crippen LogP contribution in [0.25, 0.3) is 0 Å². The number of aliphatic hydroxyl groups excluding tert-OH is 1. The maximum atomic E-state index is 10.7. The molecule has 0 aliphatic heterocycles. The molecule has 2 rings (SSSR count). The maximum Gasteiger partial charge on any atom is 0.162 e. The van der Waals surface area contributed by atoms with E-state index in [1.807, 2.05) is 4.68 Å². The molecule has 0 amide bonds. The lowest BCUT2D eigenvalue weighted by Crippen LogP contribution is -2.22. The molecule has 1 aliphatic carbocycles. The van der Waals surface area contributed by atoms with E-state index >= 15 is 0 Å². The number of hydrogen-bond acceptors (Lipinski definition) is 3. The van der Waals surface area contributed by atoms with E-state index in [1.54, 1.807) is 13.3 Å². The van der Waals surface area contributed by atoms with Gasteiger partial charge in [-0.25, -0.2) is 0 Å². The molecular weight excluding hydrogens is 240 g/mol. The lowest BCUT2D eigenvalue weighted by Gasteiger charge is -2.30. The van der Waals surface area contributed by atoms with Crippen molar-refractivity contribution in [3.63, 3.8) is 0 Å². The Hall–Kier alpha value is -1.03. The van der Waals surface area contributed by atoms with Crippen LogP contribution in [0.3, 0.4) is 0 Å². The molecule has 0 spiro atoms. The molecule has 1 saturated carbocycles. The fourth-order valence-electron chi connectivity index (χ4n) is 3.03. The maximum absolute atomic E-state index is 10.7. The highest BCUT2D eigenvalue weighted by Crippen LogP contribution is 2.40. The highest BCUT2D eigenvalue weighted by atomic mass is 16.5. The van der Waals surface area contributed by atoms with Crippen molar-refractivity contribution in [2.75, 3.05) is 7.11 Å². The summed E-state index contributed by atoms with van der Waals surface area (Å²) in [6.07, 6.45) is 5.85. The van der Waals surface area contributed by atoms with Crippen molar-refractivity contribution < 1.29 is 9.84 Å². The molecule has 0 saturated heterocycles. The second kappa shape index (κ2) is 5.95. The van der Waals surface area contributed by atoms with Gasteiger partial charge in [0.05, 0.1) is 13.3 Å². The molecule has 1 fully saturated rings. The third kappa shape index (κ3) is 2.94. The summed E-state index contributed by atoms with van der Waals surface area (Å²) < 4.78 is 7.26.